The molecule has 4 heteroatoms. The zero-order chi connectivity index (χ0) is 8.69. The molecular weight excluding hydrogens is 160 g/mol. The largest absolute Gasteiger partial charge is 0.508 e. The Morgan fingerprint density at radius 2 is 2.36 bits per heavy atom. The zero-order valence-corrected chi connectivity index (χ0v) is 8.41. The summed E-state index contributed by atoms with van der Waals surface area (Å²) in [6, 6.07) is 0. The molecule has 0 aromatic rings. The van der Waals surface area contributed by atoms with Crippen LogP contribution < -0.4 is 0 Å². The monoisotopic (exact) mass is 174 g/mol. The van der Waals surface area contributed by atoms with Gasteiger partial charge in [-0.2, -0.15) is 0 Å². The molecular formula is C7H14O3Si. The Bertz CT molecular complexity index is 134. The first kappa shape index (κ1) is 10.2. The van der Waals surface area contributed by atoms with Crippen molar-refractivity contribution in [2.75, 3.05) is 6.23 Å². The van der Waals surface area contributed by atoms with Crippen molar-refractivity contribution in [3.05, 3.63) is 12.3 Å². The summed E-state index contributed by atoms with van der Waals surface area (Å²) in [6.07, 6.45) is -0.197. The van der Waals surface area contributed by atoms with Gasteiger partial charge in [-0.3, -0.25) is 0 Å². The summed E-state index contributed by atoms with van der Waals surface area (Å²) in [5.41, 5.74) is 1.82. The molecule has 0 saturated heterocycles. The van der Waals surface area contributed by atoms with Crippen LogP contribution in [0.5, 0.6) is 0 Å². The minimum atomic E-state index is -0.575. The van der Waals surface area contributed by atoms with Gasteiger partial charge in [-0.1, -0.05) is 0 Å². The van der Waals surface area contributed by atoms with Crippen molar-refractivity contribution >= 4 is 15.7 Å². The molecule has 3 nitrogen and oxygen atoms in total. The van der Waals surface area contributed by atoms with Gasteiger partial charge in [0.2, 0.25) is 0 Å². The van der Waals surface area contributed by atoms with Crippen LogP contribution in [-0.4, -0.2) is 28.0 Å². The van der Waals surface area contributed by atoms with Gasteiger partial charge in [-0.05, 0) is 13.8 Å². The molecule has 0 spiro atoms. The minimum Gasteiger partial charge on any atom is -0.438 e. The molecule has 0 aliphatic heterocycles. The van der Waals surface area contributed by atoms with Crippen molar-refractivity contribution in [2.45, 2.75) is 20.0 Å². The van der Waals surface area contributed by atoms with Gasteiger partial charge in [-0.15, -0.1) is 12.3 Å². The Balaban J connectivity index is 3.30. The van der Waals surface area contributed by atoms with Crippen LogP contribution >= 0.6 is 0 Å². The first-order valence-electron chi connectivity index (χ1n) is 3.61. The second kappa shape index (κ2) is 5.97. The van der Waals surface area contributed by atoms with Crippen LogP contribution in [0.25, 0.3) is 0 Å². The third-order valence-electron chi connectivity index (χ3n) is 0.874. The van der Waals surface area contributed by atoms with Crippen LogP contribution in [0.1, 0.15) is 13.8 Å². The molecule has 11 heavy (non-hydrogen) atoms. The van der Waals surface area contributed by atoms with Gasteiger partial charge in [0.15, 0.2) is 0 Å². The molecule has 0 heterocycles. The molecule has 0 atom stereocenters. The normalized spacial score (nSPS) is 10.5. The van der Waals surface area contributed by atoms with E-state index in [1.165, 1.54) is 0 Å². The van der Waals surface area contributed by atoms with E-state index in [9.17, 15) is 4.79 Å². The number of ether oxygens (including phenoxy) is 2. The lowest BCUT2D eigenvalue weighted by Gasteiger charge is -2.06. The van der Waals surface area contributed by atoms with E-state index in [1.54, 1.807) is 13.8 Å². The van der Waals surface area contributed by atoms with E-state index in [-0.39, 0.29) is 6.10 Å². The lowest BCUT2D eigenvalue weighted by atomic mass is 10.5. The molecule has 0 aliphatic rings. The standard InChI is InChI=1S/C7H14O3Si/c1-4-11-5-9-7(8)10-6(2)3/h4,6H,1,5,11H2,2-3H3. The summed E-state index contributed by atoms with van der Waals surface area (Å²) >= 11 is 0. The van der Waals surface area contributed by atoms with Crippen molar-refractivity contribution in [1.29, 1.82) is 0 Å². The Morgan fingerprint density at radius 3 is 2.82 bits per heavy atom. The van der Waals surface area contributed by atoms with Gasteiger partial charge in [-0.25, -0.2) is 4.79 Å². The molecule has 0 aliphatic carbocycles. The van der Waals surface area contributed by atoms with Crippen LogP contribution in [0, 0.1) is 0 Å². The quantitative estimate of drug-likeness (QED) is 0.359. The van der Waals surface area contributed by atoms with Gasteiger partial charge < -0.3 is 9.47 Å². The minimum absolute atomic E-state index is 0.104. The van der Waals surface area contributed by atoms with E-state index in [0.717, 1.165) is 0 Å². The molecule has 0 unspecified atom stereocenters. The highest BCUT2D eigenvalue weighted by molar-refractivity contribution is 6.41. The summed E-state index contributed by atoms with van der Waals surface area (Å²) < 4.78 is 9.45. The Morgan fingerprint density at radius 1 is 1.73 bits per heavy atom. The van der Waals surface area contributed by atoms with Gasteiger partial charge in [0, 0.05) is 0 Å². The fourth-order valence-electron chi connectivity index (χ4n) is 0.452. The van der Waals surface area contributed by atoms with Crippen LogP contribution in [-0.2, 0) is 9.47 Å². The van der Waals surface area contributed by atoms with Gasteiger partial charge >= 0.3 is 6.16 Å². The summed E-state index contributed by atoms with van der Waals surface area (Å²) in [5.74, 6) is 0. The van der Waals surface area contributed by atoms with Crippen molar-refractivity contribution in [3.63, 3.8) is 0 Å². The van der Waals surface area contributed by atoms with Gasteiger partial charge in [0.1, 0.15) is 0 Å². The average Bonchev–Trinajstić information content (AvgIpc) is 1.86. The summed E-state index contributed by atoms with van der Waals surface area (Å²) in [6.45, 7) is 7.12. The number of carbonyl (C=O) groups excluding carboxylic acids is 1. The van der Waals surface area contributed by atoms with Crippen molar-refractivity contribution in [1.82, 2.24) is 0 Å². The molecule has 0 N–H and O–H groups in total. The fraction of sp³-hybridized carbons (Fsp3) is 0.571. The first-order chi connectivity index (χ1) is 5.16. The fourth-order valence-corrected chi connectivity index (χ4v) is 0.903. The Kier molecular flexibility index (Phi) is 5.55. The molecule has 0 radical (unpaired) electrons. The second-order valence-electron chi connectivity index (χ2n) is 2.34. The predicted molar refractivity (Wildman–Crippen MR) is 46.3 cm³/mol. The lowest BCUT2D eigenvalue weighted by molar-refractivity contribution is 0.0449. The van der Waals surface area contributed by atoms with E-state index in [2.05, 4.69) is 6.58 Å². The molecule has 0 bridgehead atoms. The summed E-state index contributed by atoms with van der Waals surface area (Å²) in [7, 11) is -0.414. The lowest BCUT2D eigenvalue weighted by Crippen LogP contribution is -2.15. The highest BCUT2D eigenvalue weighted by atomic mass is 28.2. The van der Waals surface area contributed by atoms with E-state index < -0.39 is 15.7 Å². The maximum Gasteiger partial charge on any atom is 0.508 e. The third kappa shape index (κ3) is 7.12. The highest BCUT2D eigenvalue weighted by Crippen LogP contribution is 1.91. The summed E-state index contributed by atoms with van der Waals surface area (Å²) in [4.78, 5) is 10.7. The second-order valence-corrected chi connectivity index (χ2v) is 3.91. The average molecular weight is 174 g/mol. The topological polar surface area (TPSA) is 35.5 Å². The Labute approximate surface area is 69.2 Å². The third-order valence-corrected chi connectivity index (χ3v) is 1.72. The molecule has 0 saturated carbocycles. The first-order valence-corrected chi connectivity index (χ1v) is 5.42. The van der Waals surface area contributed by atoms with Gasteiger partial charge in [0.25, 0.3) is 0 Å². The molecule has 0 fully saturated rings. The van der Waals surface area contributed by atoms with Crippen LogP contribution in [0.15, 0.2) is 12.3 Å². The maximum absolute atomic E-state index is 10.7. The SMILES string of the molecule is C=C[SiH2]COC(=O)OC(C)C. The molecule has 0 amide bonds. The van der Waals surface area contributed by atoms with Crippen LogP contribution in [0.2, 0.25) is 0 Å². The number of hydrogen-bond donors (Lipinski definition) is 0. The van der Waals surface area contributed by atoms with Gasteiger partial charge in [0.05, 0.1) is 21.9 Å². The zero-order valence-electron chi connectivity index (χ0n) is 7.00. The molecule has 0 aromatic heterocycles. The Hall–Kier alpha value is -0.773. The van der Waals surface area contributed by atoms with Crippen molar-refractivity contribution in [3.8, 4) is 0 Å². The van der Waals surface area contributed by atoms with Crippen LogP contribution in [0.4, 0.5) is 4.79 Å². The smallest absolute Gasteiger partial charge is 0.438 e. The predicted octanol–water partition coefficient (Wildman–Crippen LogP) is 0.818. The molecule has 64 valence electrons. The maximum atomic E-state index is 10.7. The number of hydrogen-bond acceptors (Lipinski definition) is 3. The summed E-state index contributed by atoms with van der Waals surface area (Å²) in [5, 5.41) is 0. The highest BCUT2D eigenvalue weighted by Gasteiger charge is 2.04. The number of rotatable bonds is 4. The van der Waals surface area contributed by atoms with Crippen LogP contribution in [0.3, 0.4) is 0 Å². The molecule has 0 rings (SSSR count). The van der Waals surface area contributed by atoms with E-state index in [4.69, 9.17) is 9.47 Å². The molecule has 0 aromatic carbocycles. The number of carbonyl (C=O) groups is 1. The van der Waals surface area contributed by atoms with E-state index >= 15 is 0 Å². The van der Waals surface area contributed by atoms with E-state index in [1.807, 2.05) is 5.70 Å². The van der Waals surface area contributed by atoms with Crippen molar-refractivity contribution in [2.24, 2.45) is 0 Å². The van der Waals surface area contributed by atoms with Crippen molar-refractivity contribution < 1.29 is 14.3 Å². The van der Waals surface area contributed by atoms with E-state index in [0.29, 0.717) is 6.23 Å².